The molecule has 1 aliphatic heterocycles. The Balaban J connectivity index is 2.19. The highest BCUT2D eigenvalue weighted by Crippen LogP contribution is 2.23. The van der Waals surface area contributed by atoms with E-state index in [4.69, 9.17) is 4.74 Å². The molecule has 2 unspecified atom stereocenters. The van der Waals surface area contributed by atoms with Crippen molar-refractivity contribution in [1.29, 1.82) is 0 Å². The third kappa shape index (κ3) is 2.29. The summed E-state index contributed by atoms with van der Waals surface area (Å²) in [7, 11) is 0. The van der Waals surface area contributed by atoms with Crippen LogP contribution in [0.4, 0.5) is 0 Å². The van der Waals surface area contributed by atoms with Gasteiger partial charge in [0.05, 0.1) is 19.1 Å². The number of rotatable bonds is 2. The lowest BCUT2D eigenvalue weighted by molar-refractivity contribution is -0.160. The highest BCUT2D eigenvalue weighted by molar-refractivity contribution is 5.70. The Labute approximate surface area is 108 Å². The van der Waals surface area contributed by atoms with E-state index in [0.29, 0.717) is 13.0 Å². The maximum atomic E-state index is 11.3. The summed E-state index contributed by atoms with van der Waals surface area (Å²) in [5, 5.41) is 9.62. The van der Waals surface area contributed by atoms with Crippen LogP contribution in [0.15, 0.2) is 0 Å². The van der Waals surface area contributed by atoms with Crippen molar-refractivity contribution in [2.45, 2.75) is 59.3 Å². The average molecular weight is 251 g/mol. The molecule has 0 aliphatic carbocycles. The Morgan fingerprint density at radius 3 is 2.28 bits per heavy atom. The minimum atomic E-state index is -0.561. The van der Waals surface area contributed by atoms with Crippen molar-refractivity contribution in [2.24, 2.45) is 0 Å². The summed E-state index contributed by atoms with van der Waals surface area (Å²) >= 11 is 0. The first-order valence-electron chi connectivity index (χ1n) is 6.40. The van der Waals surface area contributed by atoms with Crippen molar-refractivity contribution in [1.82, 2.24) is 4.57 Å². The number of aliphatic hydroxyl groups excluding tert-OH is 1. The number of ether oxygens (including phenoxy) is 1. The number of aromatic nitrogens is 1. The summed E-state index contributed by atoms with van der Waals surface area (Å²) in [6.07, 6.45) is -0.126. The van der Waals surface area contributed by atoms with E-state index in [1.54, 1.807) is 0 Å². The van der Waals surface area contributed by atoms with Crippen LogP contribution in [0, 0.1) is 27.7 Å². The van der Waals surface area contributed by atoms with Crippen LogP contribution in [-0.2, 0) is 16.1 Å². The van der Waals surface area contributed by atoms with E-state index < -0.39 is 6.10 Å². The van der Waals surface area contributed by atoms with Crippen LogP contribution >= 0.6 is 0 Å². The lowest BCUT2D eigenvalue weighted by Gasteiger charge is -2.27. The van der Waals surface area contributed by atoms with Gasteiger partial charge in [-0.05, 0) is 38.8 Å². The highest BCUT2D eigenvalue weighted by atomic mass is 16.5. The molecule has 0 bridgehead atoms. The molecule has 100 valence electrons. The zero-order valence-corrected chi connectivity index (χ0v) is 11.5. The van der Waals surface area contributed by atoms with E-state index in [0.717, 1.165) is 0 Å². The predicted molar refractivity (Wildman–Crippen MR) is 68.5 cm³/mol. The van der Waals surface area contributed by atoms with E-state index in [2.05, 4.69) is 32.3 Å². The molecule has 0 amide bonds. The van der Waals surface area contributed by atoms with Crippen LogP contribution in [0.2, 0.25) is 0 Å². The second-order valence-corrected chi connectivity index (χ2v) is 5.24. The molecule has 2 rings (SSSR count). The Bertz CT molecular complexity index is 450. The Morgan fingerprint density at radius 1 is 1.22 bits per heavy atom. The lowest BCUT2D eigenvalue weighted by Crippen LogP contribution is -2.35. The number of nitrogens with zero attached hydrogens (tertiary/aromatic N) is 1. The van der Waals surface area contributed by atoms with Gasteiger partial charge in [-0.15, -0.1) is 0 Å². The van der Waals surface area contributed by atoms with Gasteiger partial charge < -0.3 is 14.4 Å². The minimum absolute atomic E-state index is 0.123. The van der Waals surface area contributed by atoms with Crippen LogP contribution in [0.5, 0.6) is 0 Å². The van der Waals surface area contributed by atoms with Gasteiger partial charge in [0.1, 0.15) is 6.10 Å². The summed E-state index contributed by atoms with van der Waals surface area (Å²) in [6, 6.07) is 0. The third-order valence-electron chi connectivity index (χ3n) is 4.08. The monoisotopic (exact) mass is 251 g/mol. The van der Waals surface area contributed by atoms with Crippen molar-refractivity contribution in [2.75, 3.05) is 0 Å². The van der Waals surface area contributed by atoms with E-state index >= 15 is 0 Å². The molecule has 1 fully saturated rings. The van der Waals surface area contributed by atoms with Gasteiger partial charge in [-0.25, -0.2) is 0 Å². The molecule has 0 saturated carbocycles. The van der Waals surface area contributed by atoms with Crippen molar-refractivity contribution in [3.63, 3.8) is 0 Å². The summed E-state index contributed by atoms with van der Waals surface area (Å²) in [4.78, 5) is 11.3. The fraction of sp³-hybridized carbons (Fsp3) is 0.643. The molecule has 18 heavy (non-hydrogen) atoms. The van der Waals surface area contributed by atoms with Gasteiger partial charge >= 0.3 is 5.97 Å². The molecular formula is C14H21NO3. The molecular weight excluding hydrogens is 230 g/mol. The van der Waals surface area contributed by atoms with Crippen LogP contribution in [-0.4, -0.2) is 27.9 Å². The SMILES string of the molecule is Cc1c(C)c(C)n(CC2CC(O)CC(=O)O2)c1C. The molecule has 1 saturated heterocycles. The largest absolute Gasteiger partial charge is 0.460 e. The van der Waals surface area contributed by atoms with Gasteiger partial charge in [0.15, 0.2) is 0 Å². The van der Waals surface area contributed by atoms with E-state index in [-0.39, 0.29) is 18.5 Å². The number of aliphatic hydroxyl groups is 1. The first-order valence-corrected chi connectivity index (χ1v) is 6.40. The van der Waals surface area contributed by atoms with Gasteiger partial charge in [0.25, 0.3) is 0 Å². The zero-order valence-electron chi connectivity index (χ0n) is 11.5. The molecule has 1 aromatic rings. The summed E-state index contributed by atoms with van der Waals surface area (Å²) in [6.45, 7) is 9.01. The average Bonchev–Trinajstić information content (AvgIpc) is 2.46. The van der Waals surface area contributed by atoms with Crippen LogP contribution in [0.25, 0.3) is 0 Å². The molecule has 1 aromatic heterocycles. The highest BCUT2D eigenvalue weighted by Gasteiger charge is 2.28. The van der Waals surface area contributed by atoms with Gasteiger partial charge in [-0.3, -0.25) is 4.79 Å². The minimum Gasteiger partial charge on any atom is -0.460 e. The maximum absolute atomic E-state index is 11.3. The second-order valence-electron chi connectivity index (χ2n) is 5.24. The smallest absolute Gasteiger partial charge is 0.308 e. The molecule has 4 heteroatoms. The fourth-order valence-electron chi connectivity index (χ4n) is 2.65. The number of hydrogen-bond acceptors (Lipinski definition) is 3. The topological polar surface area (TPSA) is 51.5 Å². The van der Waals surface area contributed by atoms with Crippen molar-refractivity contribution in [3.8, 4) is 0 Å². The number of carbonyl (C=O) groups is 1. The quantitative estimate of drug-likeness (QED) is 0.815. The number of cyclic esters (lactones) is 1. The summed E-state index contributed by atoms with van der Waals surface area (Å²) in [5.74, 6) is -0.297. The molecule has 1 aliphatic rings. The van der Waals surface area contributed by atoms with E-state index in [1.807, 2.05) is 0 Å². The number of hydrogen-bond donors (Lipinski definition) is 1. The number of esters is 1. The maximum Gasteiger partial charge on any atom is 0.308 e. The summed E-state index contributed by atoms with van der Waals surface area (Å²) in [5.41, 5.74) is 4.99. The normalized spacial score (nSPS) is 24.2. The second kappa shape index (κ2) is 4.76. The zero-order chi connectivity index (χ0) is 13.4. The van der Waals surface area contributed by atoms with Crippen molar-refractivity contribution < 1.29 is 14.6 Å². The van der Waals surface area contributed by atoms with Crippen LogP contribution < -0.4 is 0 Å². The molecule has 0 aromatic carbocycles. The van der Waals surface area contributed by atoms with Gasteiger partial charge in [-0.1, -0.05) is 0 Å². The Morgan fingerprint density at radius 2 is 1.78 bits per heavy atom. The van der Waals surface area contributed by atoms with Crippen LogP contribution in [0.3, 0.4) is 0 Å². The summed E-state index contributed by atoms with van der Waals surface area (Å²) < 4.78 is 7.48. The molecule has 4 nitrogen and oxygen atoms in total. The first-order chi connectivity index (χ1) is 8.40. The van der Waals surface area contributed by atoms with Crippen LogP contribution in [0.1, 0.15) is 35.4 Å². The van der Waals surface area contributed by atoms with Crippen molar-refractivity contribution >= 4 is 5.97 Å². The predicted octanol–water partition coefficient (Wildman–Crippen LogP) is 1.79. The van der Waals surface area contributed by atoms with Gasteiger partial charge in [0, 0.05) is 17.8 Å². The molecule has 1 N–H and O–H groups in total. The third-order valence-corrected chi connectivity index (χ3v) is 4.08. The van der Waals surface area contributed by atoms with Gasteiger partial charge in [0.2, 0.25) is 0 Å². The van der Waals surface area contributed by atoms with Crippen molar-refractivity contribution in [3.05, 3.63) is 22.5 Å². The van der Waals surface area contributed by atoms with E-state index in [9.17, 15) is 9.90 Å². The number of carbonyl (C=O) groups excluding carboxylic acids is 1. The molecule has 2 heterocycles. The Kier molecular flexibility index (Phi) is 3.48. The molecule has 2 atom stereocenters. The standard InChI is InChI=1S/C14H21NO3/c1-8-9(2)11(4)15(10(8)3)7-13-5-12(16)6-14(17)18-13/h12-13,16H,5-7H2,1-4H3. The fourth-order valence-corrected chi connectivity index (χ4v) is 2.65. The lowest BCUT2D eigenvalue weighted by atomic mass is 10.1. The molecule has 0 radical (unpaired) electrons. The Hall–Kier alpha value is -1.29. The van der Waals surface area contributed by atoms with Gasteiger partial charge in [-0.2, -0.15) is 0 Å². The molecule has 0 spiro atoms. The van der Waals surface area contributed by atoms with E-state index in [1.165, 1.54) is 22.5 Å². The first kappa shape index (κ1) is 13.1.